The Morgan fingerprint density at radius 3 is 1.63 bits per heavy atom. The molecule has 0 amide bonds. The highest BCUT2D eigenvalue weighted by Gasteiger charge is 2.33. The predicted molar refractivity (Wildman–Crippen MR) is 155 cm³/mol. The summed E-state index contributed by atoms with van der Waals surface area (Å²) in [5.41, 5.74) is 2.58. The lowest BCUT2D eigenvalue weighted by molar-refractivity contribution is 0.174. The molecule has 0 N–H and O–H groups in total. The minimum atomic E-state index is 0.559. The number of rotatable bonds is 8. The van der Waals surface area contributed by atoms with Gasteiger partial charge in [-0.1, -0.05) is 26.2 Å². The normalized spacial score (nSPS) is 15.6. The summed E-state index contributed by atoms with van der Waals surface area (Å²) in [6.07, 6.45) is 5.76. The van der Waals surface area contributed by atoms with Gasteiger partial charge >= 0.3 is 0 Å². The summed E-state index contributed by atoms with van der Waals surface area (Å²) >= 11 is 6.91. The van der Waals surface area contributed by atoms with Crippen molar-refractivity contribution >= 4 is 45.3 Å². The van der Waals surface area contributed by atoms with Crippen LogP contribution >= 0.6 is 45.3 Å². The molecule has 3 aliphatic heterocycles. The van der Waals surface area contributed by atoms with Gasteiger partial charge in [0.05, 0.1) is 24.4 Å². The van der Waals surface area contributed by atoms with Gasteiger partial charge in [0.15, 0.2) is 34.5 Å². The van der Waals surface area contributed by atoms with Crippen molar-refractivity contribution in [2.45, 2.75) is 39.0 Å². The third-order valence-electron chi connectivity index (χ3n) is 6.83. The molecule has 7 heterocycles. The van der Waals surface area contributed by atoms with E-state index in [0.29, 0.717) is 39.6 Å². The third kappa shape index (κ3) is 4.26. The molecule has 4 aromatic heterocycles. The molecule has 10 heteroatoms. The first kappa shape index (κ1) is 24.6. The van der Waals surface area contributed by atoms with Gasteiger partial charge in [-0.2, -0.15) is 0 Å². The van der Waals surface area contributed by atoms with Crippen LogP contribution in [0.25, 0.3) is 29.9 Å². The SMILES string of the molecule is CCCCCCc1c(-c2scc3c2OCCO3)sc(-c2scc3c2OCCO3)c1-c1scc2c1OCCO2. The number of ether oxygens (including phenoxy) is 6. The van der Waals surface area contributed by atoms with Gasteiger partial charge in [0, 0.05) is 21.7 Å². The molecule has 200 valence electrons. The van der Waals surface area contributed by atoms with Crippen LogP contribution in [-0.4, -0.2) is 39.6 Å². The largest absolute Gasteiger partial charge is 0.485 e. The molecule has 0 aliphatic carbocycles. The van der Waals surface area contributed by atoms with E-state index in [1.807, 2.05) is 11.3 Å². The van der Waals surface area contributed by atoms with Crippen molar-refractivity contribution in [3.63, 3.8) is 0 Å². The lowest BCUT2D eigenvalue weighted by Crippen LogP contribution is -2.14. The van der Waals surface area contributed by atoms with Crippen molar-refractivity contribution in [3.8, 4) is 64.4 Å². The molecule has 0 unspecified atom stereocenters. The maximum absolute atomic E-state index is 6.22. The van der Waals surface area contributed by atoms with Crippen LogP contribution in [0, 0.1) is 0 Å². The van der Waals surface area contributed by atoms with Crippen LogP contribution in [0.3, 0.4) is 0 Å². The zero-order valence-corrected chi connectivity index (χ0v) is 24.4. The van der Waals surface area contributed by atoms with Crippen molar-refractivity contribution in [1.82, 2.24) is 0 Å². The molecule has 4 aromatic rings. The minimum absolute atomic E-state index is 0.559. The van der Waals surface area contributed by atoms with Crippen LogP contribution in [0.4, 0.5) is 0 Å². The molecular formula is C28H28O6S4. The second-order valence-corrected chi connectivity index (χ2v) is 12.9. The predicted octanol–water partition coefficient (Wildman–Crippen LogP) is 8.37. The first-order valence-electron chi connectivity index (χ1n) is 13.1. The van der Waals surface area contributed by atoms with Gasteiger partial charge in [0.2, 0.25) is 0 Å². The van der Waals surface area contributed by atoms with E-state index >= 15 is 0 Å². The fourth-order valence-electron chi connectivity index (χ4n) is 5.09. The van der Waals surface area contributed by atoms with E-state index in [1.165, 1.54) is 40.1 Å². The quantitative estimate of drug-likeness (QED) is 0.193. The maximum Gasteiger partial charge on any atom is 0.180 e. The van der Waals surface area contributed by atoms with E-state index in [0.717, 1.165) is 62.0 Å². The Morgan fingerprint density at radius 1 is 0.553 bits per heavy atom. The monoisotopic (exact) mass is 588 g/mol. The van der Waals surface area contributed by atoms with Gasteiger partial charge in [0.25, 0.3) is 0 Å². The first-order valence-corrected chi connectivity index (χ1v) is 16.6. The molecule has 0 saturated carbocycles. The standard InChI is InChI=1S/C28H28O6S4/c1-2-3-4-5-6-16-20(25-21-17(13-35-25)29-7-10-32-21)26(28-23-19(15-37-28)31-9-12-34-23)38-24(16)27-22-18(14-36-27)30-8-11-33-22/h13-15H,2-12H2,1H3. The molecule has 0 bridgehead atoms. The van der Waals surface area contributed by atoms with E-state index in [4.69, 9.17) is 28.4 Å². The van der Waals surface area contributed by atoms with E-state index in [9.17, 15) is 0 Å². The number of hydrogen-bond acceptors (Lipinski definition) is 10. The fraction of sp³-hybridized carbons (Fsp3) is 0.429. The van der Waals surface area contributed by atoms with E-state index in [2.05, 4.69) is 23.1 Å². The number of hydrogen-bond donors (Lipinski definition) is 0. The van der Waals surface area contributed by atoms with E-state index < -0.39 is 0 Å². The zero-order valence-electron chi connectivity index (χ0n) is 21.1. The number of fused-ring (bicyclic) bond motifs is 3. The van der Waals surface area contributed by atoms with Crippen molar-refractivity contribution in [2.75, 3.05) is 39.6 Å². The molecule has 3 aliphatic rings. The highest BCUT2D eigenvalue weighted by atomic mass is 32.1. The number of thiophene rings is 4. The molecule has 0 fully saturated rings. The minimum Gasteiger partial charge on any atom is -0.485 e. The van der Waals surface area contributed by atoms with Gasteiger partial charge < -0.3 is 28.4 Å². The Labute approximate surface area is 237 Å². The highest BCUT2D eigenvalue weighted by Crippen LogP contribution is 2.60. The molecule has 0 radical (unpaired) electrons. The Kier molecular flexibility index (Phi) is 6.89. The molecule has 38 heavy (non-hydrogen) atoms. The molecule has 7 rings (SSSR count). The Morgan fingerprint density at radius 2 is 1.05 bits per heavy atom. The number of unbranched alkanes of at least 4 members (excludes halogenated alkanes) is 3. The summed E-state index contributed by atoms with van der Waals surface area (Å²) < 4.78 is 36.4. The maximum atomic E-state index is 6.22. The second-order valence-electron chi connectivity index (χ2n) is 9.29. The van der Waals surface area contributed by atoms with Gasteiger partial charge in [-0.25, -0.2) is 0 Å². The van der Waals surface area contributed by atoms with Crippen LogP contribution in [0.1, 0.15) is 38.2 Å². The van der Waals surface area contributed by atoms with Crippen LogP contribution in [0.2, 0.25) is 0 Å². The summed E-state index contributed by atoms with van der Waals surface area (Å²) in [4.78, 5) is 5.83. The third-order valence-corrected chi connectivity index (χ3v) is 11.2. The summed E-state index contributed by atoms with van der Waals surface area (Å²) in [6, 6.07) is 0. The van der Waals surface area contributed by atoms with Crippen molar-refractivity contribution in [2.24, 2.45) is 0 Å². The Hall–Kier alpha value is -2.40. The van der Waals surface area contributed by atoms with Gasteiger partial charge in [-0.15, -0.1) is 45.3 Å². The van der Waals surface area contributed by atoms with Crippen molar-refractivity contribution < 1.29 is 28.4 Å². The zero-order chi connectivity index (χ0) is 25.5. The first-order chi connectivity index (χ1) is 18.8. The smallest absolute Gasteiger partial charge is 0.180 e. The lowest BCUT2D eigenvalue weighted by Gasteiger charge is -2.18. The molecular weight excluding hydrogens is 561 g/mol. The van der Waals surface area contributed by atoms with Gasteiger partial charge in [-0.05, 0) is 18.4 Å². The Bertz CT molecular complexity index is 1440. The summed E-state index contributed by atoms with van der Waals surface area (Å²) in [7, 11) is 0. The van der Waals surface area contributed by atoms with Gasteiger partial charge in [-0.3, -0.25) is 0 Å². The second kappa shape index (κ2) is 10.6. The average Bonchev–Trinajstić information content (AvgIpc) is 3.74. The van der Waals surface area contributed by atoms with E-state index in [-0.39, 0.29) is 0 Å². The molecule has 6 nitrogen and oxygen atoms in total. The summed E-state index contributed by atoms with van der Waals surface area (Å²) in [5, 5.41) is 6.23. The van der Waals surface area contributed by atoms with Crippen LogP contribution < -0.4 is 28.4 Å². The van der Waals surface area contributed by atoms with Crippen LogP contribution in [-0.2, 0) is 6.42 Å². The van der Waals surface area contributed by atoms with Crippen molar-refractivity contribution in [3.05, 3.63) is 21.7 Å². The Balaban J connectivity index is 1.45. The average molecular weight is 589 g/mol. The molecule has 0 saturated heterocycles. The molecule has 0 spiro atoms. The molecule has 0 atom stereocenters. The fourth-order valence-corrected chi connectivity index (χ4v) is 9.71. The summed E-state index contributed by atoms with van der Waals surface area (Å²) in [5.74, 6) is 5.10. The summed E-state index contributed by atoms with van der Waals surface area (Å²) in [6.45, 7) is 5.69. The highest BCUT2D eigenvalue weighted by molar-refractivity contribution is 7.27. The topological polar surface area (TPSA) is 55.4 Å². The van der Waals surface area contributed by atoms with Crippen LogP contribution in [0.5, 0.6) is 34.5 Å². The lowest BCUT2D eigenvalue weighted by atomic mass is 9.98. The van der Waals surface area contributed by atoms with Crippen molar-refractivity contribution in [1.29, 1.82) is 0 Å². The molecule has 0 aromatic carbocycles. The van der Waals surface area contributed by atoms with Gasteiger partial charge in [0.1, 0.15) is 39.6 Å². The van der Waals surface area contributed by atoms with E-state index in [1.54, 1.807) is 34.0 Å². The van der Waals surface area contributed by atoms with Crippen LogP contribution in [0.15, 0.2) is 16.1 Å².